The van der Waals surface area contributed by atoms with E-state index in [1.54, 1.807) is 49.2 Å². The zero-order valence-electron chi connectivity index (χ0n) is 14.7. The molecule has 0 aromatic carbocycles. The topological polar surface area (TPSA) is 100 Å². The van der Waals surface area contributed by atoms with Crippen LogP contribution in [0.4, 0.5) is 11.9 Å². The molecule has 1 aliphatic rings. The van der Waals surface area contributed by atoms with Crippen LogP contribution in [0.2, 0.25) is 0 Å². The molecule has 27 heavy (non-hydrogen) atoms. The molecule has 0 atom stereocenters. The first-order valence-corrected chi connectivity index (χ1v) is 8.69. The number of carbonyl (C=O) groups excluding carboxylic acids is 1. The Morgan fingerprint density at radius 3 is 2.19 bits per heavy atom. The van der Waals surface area contributed by atoms with E-state index in [-0.39, 0.29) is 5.91 Å². The van der Waals surface area contributed by atoms with Crippen molar-refractivity contribution >= 4 is 17.8 Å². The molecule has 1 saturated heterocycles. The smallest absolute Gasteiger partial charge is 0.254 e. The molecule has 3 aromatic rings. The number of amides is 1. The van der Waals surface area contributed by atoms with Crippen LogP contribution in [0.15, 0.2) is 53.7 Å². The molecule has 138 valence electrons. The maximum atomic E-state index is 12.2. The predicted octanol–water partition coefficient (Wildman–Crippen LogP) is 1.12. The van der Waals surface area contributed by atoms with Gasteiger partial charge in [0.05, 0.1) is 18.4 Å². The zero-order valence-corrected chi connectivity index (χ0v) is 14.7. The van der Waals surface area contributed by atoms with Crippen LogP contribution in [0.1, 0.15) is 16.1 Å². The largest absolute Gasteiger partial charge is 0.467 e. The molecule has 1 aliphatic heterocycles. The predicted molar refractivity (Wildman–Crippen MR) is 98.4 cm³/mol. The molecule has 3 aromatic heterocycles. The van der Waals surface area contributed by atoms with Crippen molar-refractivity contribution in [1.29, 1.82) is 0 Å². The summed E-state index contributed by atoms with van der Waals surface area (Å²) < 4.78 is 5.19. The van der Waals surface area contributed by atoms with Crippen LogP contribution >= 0.6 is 0 Å². The number of nitrogens with one attached hydrogen (secondary N) is 1. The number of aromatic nitrogens is 4. The number of carbonyl (C=O) groups is 1. The third-order valence-electron chi connectivity index (χ3n) is 4.30. The first kappa shape index (κ1) is 17.0. The van der Waals surface area contributed by atoms with Crippen LogP contribution in [0.5, 0.6) is 0 Å². The van der Waals surface area contributed by atoms with Crippen molar-refractivity contribution in [2.75, 3.05) is 36.0 Å². The van der Waals surface area contributed by atoms with Crippen molar-refractivity contribution in [2.45, 2.75) is 6.54 Å². The number of piperazine rings is 1. The van der Waals surface area contributed by atoms with Gasteiger partial charge in [-0.3, -0.25) is 4.79 Å². The lowest BCUT2D eigenvalue weighted by Crippen LogP contribution is -2.47. The van der Waals surface area contributed by atoms with Gasteiger partial charge in [-0.05, 0) is 18.2 Å². The van der Waals surface area contributed by atoms with Crippen molar-refractivity contribution in [2.24, 2.45) is 0 Å². The normalized spacial score (nSPS) is 14.2. The van der Waals surface area contributed by atoms with Gasteiger partial charge in [0, 0.05) is 51.0 Å². The molecule has 9 nitrogen and oxygen atoms in total. The molecule has 0 aliphatic carbocycles. The van der Waals surface area contributed by atoms with E-state index in [9.17, 15) is 4.79 Å². The average Bonchev–Trinajstić information content (AvgIpc) is 3.27. The van der Waals surface area contributed by atoms with E-state index in [1.807, 2.05) is 0 Å². The highest BCUT2D eigenvalue weighted by atomic mass is 16.3. The van der Waals surface area contributed by atoms with Gasteiger partial charge in [0.15, 0.2) is 0 Å². The van der Waals surface area contributed by atoms with Crippen molar-refractivity contribution in [3.63, 3.8) is 0 Å². The second-order valence-electron chi connectivity index (χ2n) is 6.06. The summed E-state index contributed by atoms with van der Waals surface area (Å²) in [6.45, 7) is 3.44. The lowest BCUT2D eigenvalue weighted by Gasteiger charge is -2.34. The molecule has 9 heteroatoms. The Morgan fingerprint density at radius 2 is 1.59 bits per heavy atom. The van der Waals surface area contributed by atoms with Crippen LogP contribution in [-0.4, -0.2) is 52.0 Å². The highest BCUT2D eigenvalue weighted by Crippen LogP contribution is 2.14. The SMILES string of the molecule is O=C(NCc1ccco1)c1cnc(N2CCN(c3ncccn3)CC2)nc1. The highest BCUT2D eigenvalue weighted by molar-refractivity contribution is 5.93. The van der Waals surface area contributed by atoms with Gasteiger partial charge >= 0.3 is 0 Å². The van der Waals surface area contributed by atoms with Gasteiger partial charge in [-0.2, -0.15) is 0 Å². The summed E-state index contributed by atoms with van der Waals surface area (Å²) in [5.74, 6) is 1.82. The van der Waals surface area contributed by atoms with E-state index in [4.69, 9.17) is 4.42 Å². The molecule has 1 N–H and O–H groups in total. The molecular formula is C18H19N7O2. The van der Waals surface area contributed by atoms with Gasteiger partial charge in [0.2, 0.25) is 11.9 Å². The Balaban J connectivity index is 1.32. The standard InChI is InChI=1S/C18H19N7O2/c26-16(21-13-15-3-1-10-27-15)14-11-22-18(23-12-14)25-8-6-24(7-9-25)17-19-4-2-5-20-17/h1-5,10-12H,6-9,13H2,(H,21,26). The molecule has 1 fully saturated rings. The fourth-order valence-corrected chi connectivity index (χ4v) is 2.85. The first-order chi connectivity index (χ1) is 13.3. The molecule has 1 amide bonds. The second kappa shape index (κ2) is 7.81. The van der Waals surface area contributed by atoms with Gasteiger partial charge < -0.3 is 19.5 Å². The Bertz CT molecular complexity index is 860. The minimum Gasteiger partial charge on any atom is -0.467 e. The summed E-state index contributed by atoms with van der Waals surface area (Å²) in [5.41, 5.74) is 0.418. The fourth-order valence-electron chi connectivity index (χ4n) is 2.85. The number of hydrogen-bond donors (Lipinski definition) is 1. The van der Waals surface area contributed by atoms with E-state index >= 15 is 0 Å². The van der Waals surface area contributed by atoms with E-state index < -0.39 is 0 Å². The molecule has 0 bridgehead atoms. The van der Waals surface area contributed by atoms with Gasteiger partial charge in [0.1, 0.15) is 5.76 Å². The molecule has 0 radical (unpaired) electrons. The Hall–Kier alpha value is -3.49. The van der Waals surface area contributed by atoms with Crippen LogP contribution in [0, 0.1) is 0 Å². The third kappa shape index (κ3) is 4.02. The van der Waals surface area contributed by atoms with Crippen molar-refractivity contribution in [3.8, 4) is 0 Å². The number of anilines is 2. The molecule has 0 saturated carbocycles. The van der Waals surface area contributed by atoms with Crippen LogP contribution in [0.3, 0.4) is 0 Å². The van der Waals surface area contributed by atoms with Crippen LogP contribution in [0.25, 0.3) is 0 Å². The molecule has 0 spiro atoms. The summed E-state index contributed by atoms with van der Waals surface area (Å²) in [6.07, 6.45) is 8.16. The molecule has 4 heterocycles. The van der Waals surface area contributed by atoms with Crippen molar-refractivity contribution < 1.29 is 9.21 Å². The van der Waals surface area contributed by atoms with E-state index in [2.05, 4.69) is 35.1 Å². The van der Waals surface area contributed by atoms with Gasteiger partial charge in [0.25, 0.3) is 5.91 Å². The zero-order chi connectivity index (χ0) is 18.5. The maximum Gasteiger partial charge on any atom is 0.254 e. The average molecular weight is 365 g/mol. The van der Waals surface area contributed by atoms with E-state index in [0.29, 0.717) is 23.8 Å². The van der Waals surface area contributed by atoms with Crippen molar-refractivity contribution in [3.05, 3.63) is 60.6 Å². The third-order valence-corrected chi connectivity index (χ3v) is 4.30. The van der Waals surface area contributed by atoms with Crippen LogP contribution in [-0.2, 0) is 6.54 Å². The molecular weight excluding hydrogens is 346 g/mol. The summed E-state index contributed by atoms with van der Waals surface area (Å²) in [7, 11) is 0. The van der Waals surface area contributed by atoms with Gasteiger partial charge in [-0.1, -0.05) is 0 Å². The first-order valence-electron chi connectivity index (χ1n) is 8.69. The monoisotopic (exact) mass is 365 g/mol. The molecule has 4 rings (SSSR count). The Morgan fingerprint density at radius 1 is 0.963 bits per heavy atom. The quantitative estimate of drug-likeness (QED) is 0.718. The van der Waals surface area contributed by atoms with Gasteiger partial charge in [-0.25, -0.2) is 19.9 Å². The summed E-state index contributed by atoms with van der Waals surface area (Å²) in [5, 5.41) is 2.78. The number of rotatable bonds is 5. The fraction of sp³-hybridized carbons (Fsp3) is 0.278. The Kier molecular flexibility index (Phi) is 4.91. The van der Waals surface area contributed by atoms with Crippen molar-refractivity contribution in [1.82, 2.24) is 25.3 Å². The van der Waals surface area contributed by atoms with E-state index in [0.717, 1.165) is 32.1 Å². The number of hydrogen-bond acceptors (Lipinski definition) is 8. The van der Waals surface area contributed by atoms with E-state index in [1.165, 1.54) is 0 Å². The highest BCUT2D eigenvalue weighted by Gasteiger charge is 2.20. The maximum absolute atomic E-state index is 12.2. The lowest BCUT2D eigenvalue weighted by atomic mass is 10.3. The second-order valence-corrected chi connectivity index (χ2v) is 6.06. The Labute approximate surface area is 156 Å². The summed E-state index contributed by atoms with van der Waals surface area (Å²) >= 11 is 0. The number of furan rings is 1. The van der Waals surface area contributed by atoms with Crippen LogP contribution < -0.4 is 15.1 Å². The lowest BCUT2D eigenvalue weighted by molar-refractivity contribution is 0.0947. The minimum absolute atomic E-state index is 0.232. The summed E-state index contributed by atoms with van der Waals surface area (Å²) in [4.78, 5) is 33.6. The number of nitrogens with zero attached hydrogens (tertiary/aromatic N) is 6. The minimum atomic E-state index is -0.232. The van der Waals surface area contributed by atoms with Gasteiger partial charge in [-0.15, -0.1) is 0 Å². The summed E-state index contributed by atoms with van der Waals surface area (Å²) in [6, 6.07) is 5.39. The molecule has 0 unspecified atom stereocenters.